The van der Waals surface area contributed by atoms with E-state index < -0.39 is 0 Å². The van der Waals surface area contributed by atoms with Crippen molar-refractivity contribution in [1.29, 1.82) is 0 Å². The Morgan fingerprint density at radius 2 is 1.79 bits per heavy atom. The lowest BCUT2D eigenvalue weighted by atomic mass is 10.1. The van der Waals surface area contributed by atoms with Gasteiger partial charge in [0.25, 0.3) is 0 Å². The van der Waals surface area contributed by atoms with Crippen LogP contribution < -0.4 is 4.90 Å². The van der Waals surface area contributed by atoms with Crippen LogP contribution >= 0.6 is 11.8 Å². The fourth-order valence-corrected chi connectivity index (χ4v) is 4.94. The van der Waals surface area contributed by atoms with E-state index in [9.17, 15) is 0 Å². The van der Waals surface area contributed by atoms with Crippen LogP contribution in [0.15, 0.2) is 34.9 Å². The molecule has 0 N–H and O–H groups in total. The van der Waals surface area contributed by atoms with E-state index in [1.165, 1.54) is 42.6 Å². The summed E-state index contributed by atoms with van der Waals surface area (Å²) in [5.74, 6) is 0.835. The summed E-state index contributed by atoms with van der Waals surface area (Å²) in [5.41, 5.74) is 4.26. The quantitative estimate of drug-likeness (QED) is 0.718. The number of hydrogen-bond donors (Lipinski definition) is 0. The lowest BCUT2D eigenvalue weighted by Crippen LogP contribution is -2.25. The van der Waals surface area contributed by atoms with E-state index in [2.05, 4.69) is 61.7 Å². The van der Waals surface area contributed by atoms with E-state index in [-0.39, 0.29) is 0 Å². The molecule has 1 aromatic carbocycles. The zero-order valence-electron chi connectivity index (χ0n) is 12.1. The summed E-state index contributed by atoms with van der Waals surface area (Å²) in [4.78, 5) is 4.20. The zero-order chi connectivity index (χ0) is 13.4. The molecule has 1 fully saturated rings. The van der Waals surface area contributed by atoms with Gasteiger partial charge < -0.3 is 4.90 Å². The van der Waals surface area contributed by atoms with Gasteiger partial charge in [0.1, 0.15) is 0 Å². The van der Waals surface area contributed by atoms with E-state index >= 15 is 0 Å². The predicted octanol–water partition coefficient (Wildman–Crippen LogP) is 5.32. The molecule has 0 saturated heterocycles. The molecule has 0 bridgehead atoms. The molecule has 1 nitrogen and oxygen atoms in total. The number of aryl methyl sites for hydroxylation is 1. The van der Waals surface area contributed by atoms with E-state index in [0.717, 1.165) is 5.92 Å². The highest BCUT2D eigenvalue weighted by Gasteiger charge is 2.33. The van der Waals surface area contributed by atoms with Gasteiger partial charge in [0.2, 0.25) is 0 Å². The highest BCUT2D eigenvalue weighted by molar-refractivity contribution is 8.04. The molecule has 1 aliphatic heterocycles. The molecular weight excluding hydrogens is 250 g/mol. The molecule has 1 atom stereocenters. The van der Waals surface area contributed by atoms with Crippen LogP contribution in [0.5, 0.6) is 0 Å². The van der Waals surface area contributed by atoms with Crippen molar-refractivity contribution >= 4 is 17.4 Å². The molecule has 102 valence electrons. The maximum atomic E-state index is 2.54. The third-order valence-electron chi connectivity index (χ3n) is 4.48. The van der Waals surface area contributed by atoms with Crippen LogP contribution in [0, 0.1) is 12.8 Å². The number of para-hydroxylation sites is 1. The first-order valence-electron chi connectivity index (χ1n) is 7.41. The topological polar surface area (TPSA) is 3.24 Å². The van der Waals surface area contributed by atoms with Gasteiger partial charge in [-0.3, -0.25) is 0 Å². The molecule has 0 aromatic heterocycles. The molecule has 0 spiro atoms. The van der Waals surface area contributed by atoms with E-state index in [0.29, 0.717) is 5.37 Å². The molecule has 1 unspecified atom stereocenters. The standard InChI is InChI=1S/C17H23NS/c1-12-8-4-7-11-16(12)18-13(2)17(19-14(18)3)15-9-5-6-10-15/h4,7-8,11,14-15H,5-6,9-10H2,1-3H3. The first-order valence-corrected chi connectivity index (χ1v) is 8.28. The van der Waals surface area contributed by atoms with Crippen LogP contribution in [0.2, 0.25) is 0 Å². The molecule has 1 heterocycles. The minimum Gasteiger partial charge on any atom is -0.332 e. The molecule has 3 rings (SSSR count). The molecule has 1 aromatic rings. The van der Waals surface area contributed by atoms with Gasteiger partial charge in [-0.1, -0.05) is 31.0 Å². The summed E-state index contributed by atoms with van der Waals surface area (Å²) >= 11 is 2.09. The Bertz CT molecular complexity index is 500. The molecule has 19 heavy (non-hydrogen) atoms. The largest absolute Gasteiger partial charge is 0.332 e. The Morgan fingerprint density at radius 3 is 2.47 bits per heavy atom. The van der Waals surface area contributed by atoms with Crippen molar-refractivity contribution in [1.82, 2.24) is 0 Å². The van der Waals surface area contributed by atoms with Crippen molar-refractivity contribution in [3.05, 3.63) is 40.4 Å². The number of thioether (sulfide) groups is 1. The van der Waals surface area contributed by atoms with E-state index in [4.69, 9.17) is 0 Å². The van der Waals surface area contributed by atoms with Gasteiger partial charge in [-0.2, -0.15) is 0 Å². The van der Waals surface area contributed by atoms with Crippen molar-refractivity contribution in [2.75, 3.05) is 4.90 Å². The molecular formula is C17H23NS. The van der Waals surface area contributed by atoms with Gasteiger partial charge in [-0.25, -0.2) is 0 Å². The number of nitrogens with zero attached hydrogens (tertiary/aromatic N) is 1. The average molecular weight is 273 g/mol. The van der Waals surface area contributed by atoms with Crippen LogP contribution in [-0.4, -0.2) is 5.37 Å². The van der Waals surface area contributed by atoms with Crippen molar-refractivity contribution in [3.63, 3.8) is 0 Å². The molecule has 1 aliphatic carbocycles. The van der Waals surface area contributed by atoms with Crippen LogP contribution in [0.25, 0.3) is 0 Å². The summed E-state index contributed by atoms with van der Waals surface area (Å²) in [6.45, 7) is 6.87. The Morgan fingerprint density at radius 1 is 1.11 bits per heavy atom. The fourth-order valence-electron chi connectivity index (χ4n) is 3.50. The summed E-state index contributed by atoms with van der Waals surface area (Å²) in [7, 11) is 0. The van der Waals surface area contributed by atoms with Crippen LogP contribution in [-0.2, 0) is 0 Å². The summed E-state index contributed by atoms with van der Waals surface area (Å²) in [6, 6.07) is 8.76. The lowest BCUT2D eigenvalue weighted by molar-refractivity contribution is 0.669. The van der Waals surface area contributed by atoms with Crippen LogP contribution in [0.1, 0.15) is 45.1 Å². The van der Waals surface area contributed by atoms with Gasteiger partial charge in [0, 0.05) is 16.3 Å². The van der Waals surface area contributed by atoms with Crippen molar-refractivity contribution < 1.29 is 0 Å². The number of benzene rings is 1. The zero-order valence-corrected chi connectivity index (χ0v) is 13.0. The second-order valence-corrected chi connectivity index (χ2v) is 7.16. The highest BCUT2D eigenvalue weighted by atomic mass is 32.2. The molecule has 2 heteroatoms. The second kappa shape index (κ2) is 5.24. The maximum absolute atomic E-state index is 2.54. The third-order valence-corrected chi connectivity index (χ3v) is 5.91. The van der Waals surface area contributed by atoms with E-state index in [1.54, 1.807) is 4.91 Å². The highest BCUT2D eigenvalue weighted by Crippen LogP contribution is 2.48. The van der Waals surface area contributed by atoms with E-state index in [1.807, 2.05) is 0 Å². The summed E-state index contributed by atoms with van der Waals surface area (Å²) in [5, 5.41) is 0.539. The van der Waals surface area contributed by atoms with Crippen molar-refractivity contribution in [2.45, 2.75) is 51.8 Å². The number of anilines is 1. The van der Waals surface area contributed by atoms with Gasteiger partial charge in [0.15, 0.2) is 0 Å². The predicted molar refractivity (Wildman–Crippen MR) is 85.4 cm³/mol. The summed E-state index contributed by atoms with van der Waals surface area (Å²) < 4.78 is 0. The summed E-state index contributed by atoms with van der Waals surface area (Å²) in [6.07, 6.45) is 5.63. The molecule has 0 radical (unpaired) electrons. The van der Waals surface area contributed by atoms with Crippen molar-refractivity contribution in [2.24, 2.45) is 5.92 Å². The number of hydrogen-bond acceptors (Lipinski definition) is 2. The van der Waals surface area contributed by atoms with Gasteiger partial charge in [-0.15, -0.1) is 11.8 Å². The smallest absolute Gasteiger partial charge is 0.0812 e. The normalized spacial score (nSPS) is 24.6. The van der Waals surface area contributed by atoms with Gasteiger partial charge in [0.05, 0.1) is 5.37 Å². The number of rotatable bonds is 2. The maximum Gasteiger partial charge on any atom is 0.0812 e. The minimum absolute atomic E-state index is 0.539. The second-order valence-electron chi connectivity index (χ2n) is 5.80. The lowest BCUT2D eigenvalue weighted by Gasteiger charge is -2.26. The first kappa shape index (κ1) is 13.1. The fraction of sp³-hybridized carbons (Fsp3) is 0.529. The van der Waals surface area contributed by atoms with Gasteiger partial charge >= 0.3 is 0 Å². The monoisotopic (exact) mass is 273 g/mol. The minimum atomic E-state index is 0.539. The van der Waals surface area contributed by atoms with Crippen molar-refractivity contribution in [3.8, 4) is 0 Å². The Labute approximate surface area is 121 Å². The average Bonchev–Trinajstić information content (AvgIpc) is 3.00. The SMILES string of the molecule is CC1=C(C2CCCC2)SC(C)N1c1ccccc1C. The Hall–Kier alpha value is -0.890. The van der Waals surface area contributed by atoms with Crippen LogP contribution in [0.4, 0.5) is 5.69 Å². The van der Waals surface area contributed by atoms with Gasteiger partial charge in [-0.05, 0) is 51.2 Å². The first-order chi connectivity index (χ1) is 9.18. The molecule has 2 aliphatic rings. The molecule has 1 saturated carbocycles. The Balaban J connectivity index is 1.95. The number of allylic oxidation sites excluding steroid dienone is 2. The Kier molecular flexibility index (Phi) is 3.62. The van der Waals surface area contributed by atoms with Crippen LogP contribution in [0.3, 0.4) is 0 Å². The molecule has 0 amide bonds. The third kappa shape index (κ3) is 2.31.